The van der Waals surface area contributed by atoms with Crippen LogP contribution in [0.25, 0.3) is 10.9 Å². The molecule has 0 N–H and O–H groups in total. The number of aldehydes is 1. The Bertz CT molecular complexity index is 687. The summed E-state index contributed by atoms with van der Waals surface area (Å²) in [5.74, 6) is 1.03. The molecule has 108 valence electrons. The van der Waals surface area contributed by atoms with Crippen molar-refractivity contribution in [3.05, 3.63) is 35.9 Å². The molecule has 2 fully saturated rings. The summed E-state index contributed by atoms with van der Waals surface area (Å²) < 4.78 is 5.64. The number of hydrogen-bond acceptors (Lipinski definition) is 4. The summed E-state index contributed by atoms with van der Waals surface area (Å²) >= 11 is 0. The van der Waals surface area contributed by atoms with Crippen LogP contribution in [0, 0.1) is 0 Å². The molecule has 1 aromatic carbocycles. The highest BCUT2D eigenvalue weighted by atomic mass is 16.5. The van der Waals surface area contributed by atoms with Crippen LogP contribution in [0.15, 0.2) is 30.3 Å². The van der Waals surface area contributed by atoms with E-state index in [1.807, 2.05) is 18.2 Å². The molecule has 4 rings (SSSR count). The van der Waals surface area contributed by atoms with E-state index in [2.05, 4.69) is 17.0 Å². The fourth-order valence-corrected chi connectivity index (χ4v) is 3.66. The summed E-state index contributed by atoms with van der Waals surface area (Å²) in [6.07, 6.45) is 4.36. The first-order valence-corrected chi connectivity index (χ1v) is 7.52. The molecule has 1 aromatic heterocycles. The average Bonchev–Trinajstić information content (AvgIpc) is 3.17. The first-order valence-electron chi connectivity index (χ1n) is 7.52. The Morgan fingerprint density at radius 1 is 1.24 bits per heavy atom. The maximum Gasteiger partial charge on any atom is 0.150 e. The highest BCUT2D eigenvalue weighted by Crippen LogP contribution is 2.39. The third-order valence-corrected chi connectivity index (χ3v) is 4.79. The number of carbonyl (C=O) groups is 1. The highest BCUT2D eigenvalue weighted by molar-refractivity contribution is 5.87. The number of hydrogen-bond donors (Lipinski definition) is 0. The molecule has 2 aromatic rings. The Morgan fingerprint density at radius 2 is 2.19 bits per heavy atom. The van der Waals surface area contributed by atoms with Crippen LogP contribution in [0.5, 0.6) is 0 Å². The van der Waals surface area contributed by atoms with Crippen molar-refractivity contribution in [1.82, 2.24) is 4.98 Å². The average molecular weight is 282 g/mol. The third-order valence-electron chi connectivity index (χ3n) is 4.79. The van der Waals surface area contributed by atoms with Gasteiger partial charge in [-0.05, 0) is 49.6 Å². The van der Waals surface area contributed by atoms with E-state index < -0.39 is 0 Å². The predicted molar refractivity (Wildman–Crippen MR) is 81.9 cm³/mol. The summed E-state index contributed by atoms with van der Waals surface area (Å²) in [7, 11) is 0. The quantitative estimate of drug-likeness (QED) is 0.794. The lowest BCUT2D eigenvalue weighted by atomic mass is 9.95. The molecule has 0 amide bonds. The van der Waals surface area contributed by atoms with Crippen molar-refractivity contribution in [3.63, 3.8) is 0 Å². The monoisotopic (exact) mass is 282 g/mol. The summed E-state index contributed by atoms with van der Waals surface area (Å²) in [6, 6.07) is 9.77. The van der Waals surface area contributed by atoms with E-state index >= 15 is 0 Å². The zero-order valence-electron chi connectivity index (χ0n) is 11.9. The number of carbonyl (C=O) groups excluding carboxylic acids is 1. The summed E-state index contributed by atoms with van der Waals surface area (Å²) in [5, 5.41) is 1.01. The van der Waals surface area contributed by atoms with E-state index in [0.717, 1.165) is 49.2 Å². The van der Waals surface area contributed by atoms with Gasteiger partial charge in [0.2, 0.25) is 0 Å². The lowest BCUT2D eigenvalue weighted by molar-refractivity contribution is 0.112. The van der Waals surface area contributed by atoms with Gasteiger partial charge in [-0.25, -0.2) is 4.98 Å². The summed E-state index contributed by atoms with van der Waals surface area (Å²) in [5.41, 5.74) is 1.79. The number of anilines is 1. The standard InChI is InChI=1S/C17H18N2O2/c20-11-13-2-4-15-14(10-13)3-5-16(18-15)19-8-1-6-17(19)7-9-21-12-17/h2-5,10-11H,1,6-9,12H2. The second-order valence-electron chi connectivity index (χ2n) is 6.02. The number of pyridine rings is 1. The number of rotatable bonds is 2. The van der Waals surface area contributed by atoms with E-state index in [-0.39, 0.29) is 5.54 Å². The van der Waals surface area contributed by atoms with Crippen LogP contribution in [0.1, 0.15) is 29.6 Å². The molecular formula is C17H18N2O2. The van der Waals surface area contributed by atoms with Crippen molar-refractivity contribution in [2.24, 2.45) is 0 Å². The fourth-order valence-electron chi connectivity index (χ4n) is 3.66. The Hall–Kier alpha value is -1.94. The van der Waals surface area contributed by atoms with Gasteiger partial charge in [-0.2, -0.15) is 0 Å². The van der Waals surface area contributed by atoms with Crippen LogP contribution in [0.3, 0.4) is 0 Å². The molecule has 2 saturated heterocycles. The van der Waals surface area contributed by atoms with E-state index in [1.54, 1.807) is 0 Å². The Balaban J connectivity index is 1.75. The normalized spacial score (nSPS) is 25.0. The molecule has 0 saturated carbocycles. The van der Waals surface area contributed by atoms with Crippen LogP contribution >= 0.6 is 0 Å². The van der Waals surface area contributed by atoms with Crippen molar-refractivity contribution in [3.8, 4) is 0 Å². The molecule has 0 radical (unpaired) electrons. The van der Waals surface area contributed by atoms with E-state index in [1.165, 1.54) is 12.8 Å². The Labute approximate surface area is 123 Å². The zero-order chi connectivity index (χ0) is 14.3. The van der Waals surface area contributed by atoms with Gasteiger partial charge in [0.25, 0.3) is 0 Å². The van der Waals surface area contributed by atoms with Gasteiger partial charge in [0.15, 0.2) is 0 Å². The van der Waals surface area contributed by atoms with Crippen LogP contribution in [-0.4, -0.2) is 36.6 Å². The molecule has 1 unspecified atom stereocenters. The Morgan fingerprint density at radius 3 is 3.00 bits per heavy atom. The zero-order valence-corrected chi connectivity index (χ0v) is 11.9. The lowest BCUT2D eigenvalue weighted by Crippen LogP contribution is -2.45. The lowest BCUT2D eigenvalue weighted by Gasteiger charge is -2.34. The number of fused-ring (bicyclic) bond motifs is 1. The van der Waals surface area contributed by atoms with E-state index in [0.29, 0.717) is 5.56 Å². The number of aromatic nitrogens is 1. The van der Waals surface area contributed by atoms with Crippen molar-refractivity contribution < 1.29 is 9.53 Å². The predicted octanol–water partition coefficient (Wildman–Crippen LogP) is 2.81. The van der Waals surface area contributed by atoms with Crippen LogP contribution in [-0.2, 0) is 4.74 Å². The molecule has 0 aliphatic carbocycles. The minimum atomic E-state index is 0.156. The molecule has 21 heavy (non-hydrogen) atoms. The SMILES string of the molecule is O=Cc1ccc2nc(N3CCCC34CCOC4)ccc2c1. The molecule has 4 nitrogen and oxygen atoms in total. The molecule has 0 bridgehead atoms. The smallest absolute Gasteiger partial charge is 0.150 e. The van der Waals surface area contributed by atoms with Gasteiger partial charge in [-0.1, -0.05) is 0 Å². The Kier molecular flexibility index (Phi) is 2.93. The second kappa shape index (κ2) is 4.81. The first kappa shape index (κ1) is 12.8. The maximum atomic E-state index is 10.9. The largest absolute Gasteiger partial charge is 0.379 e. The van der Waals surface area contributed by atoms with Crippen molar-refractivity contribution >= 4 is 23.0 Å². The van der Waals surface area contributed by atoms with E-state index in [4.69, 9.17) is 9.72 Å². The molecule has 3 heterocycles. The molecule has 2 aliphatic heterocycles. The van der Waals surface area contributed by atoms with Crippen LogP contribution < -0.4 is 4.90 Å². The van der Waals surface area contributed by atoms with Gasteiger partial charge in [-0.15, -0.1) is 0 Å². The third kappa shape index (κ3) is 2.02. The van der Waals surface area contributed by atoms with Gasteiger partial charge in [0.1, 0.15) is 12.1 Å². The maximum absolute atomic E-state index is 10.9. The number of benzene rings is 1. The molecule has 1 spiro atoms. The molecule has 1 atom stereocenters. The second-order valence-corrected chi connectivity index (χ2v) is 6.02. The fraction of sp³-hybridized carbons (Fsp3) is 0.412. The van der Waals surface area contributed by atoms with Crippen molar-refractivity contribution in [2.75, 3.05) is 24.7 Å². The molecular weight excluding hydrogens is 264 g/mol. The molecule has 2 aliphatic rings. The summed E-state index contributed by atoms with van der Waals surface area (Å²) in [4.78, 5) is 18.1. The van der Waals surface area contributed by atoms with Gasteiger partial charge >= 0.3 is 0 Å². The van der Waals surface area contributed by atoms with Crippen molar-refractivity contribution in [1.29, 1.82) is 0 Å². The van der Waals surface area contributed by atoms with Crippen LogP contribution in [0.2, 0.25) is 0 Å². The molecule has 4 heteroatoms. The van der Waals surface area contributed by atoms with Crippen molar-refractivity contribution in [2.45, 2.75) is 24.8 Å². The van der Waals surface area contributed by atoms with Gasteiger partial charge in [-0.3, -0.25) is 4.79 Å². The minimum absolute atomic E-state index is 0.156. The first-order chi connectivity index (χ1) is 10.3. The van der Waals surface area contributed by atoms with Crippen LogP contribution in [0.4, 0.5) is 5.82 Å². The van der Waals surface area contributed by atoms with E-state index in [9.17, 15) is 4.79 Å². The van der Waals surface area contributed by atoms with Gasteiger partial charge < -0.3 is 9.64 Å². The number of ether oxygens (including phenoxy) is 1. The summed E-state index contributed by atoms with van der Waals surface area (Å²) in [6.45, 7) is 2.72. The minimum Gasteiger partial charge on any atom is -0.379 e. The van der Waals surface area contributed by atoms with Gasteiger partial charge in [0.05, 0.1) is 17.7 Å². The highest BCUT2D eigenvalue weighted by Gasteiger charge is 2.44. The van der Waals surface area contributed by atoms with Gasteiger partial charge in [0, 0.05) is 24.1 Å². The number of nitrogens with zero attached hydrogens (tertiary/aromatic N) is 2. The topological polar surface area (TPSA) is 42.4 Å².